The van der Waals surface area contributed by atoms with Gasteiger partial charge < -0.3 is 0 Å². The summed E-state index contributed by atoms with van der Waals surface area (Å²) >= 11 is 0. The summed E-state index contributed by atoms with van der Waals surface area (Å²) in [5.74, 6) is 0. The van der Waals surface area contributed by atoms with Gasteiger partial charge in [-0.05, 0) is 54.8 Å². The molecule has 0 saturated carbocycles. The van der Waals surface area contributed by atoms with Gasteiger partial charge in [0.15, 0.2) is 11.2 Å². The highest BCUT2D eigenvalue weighted by Gasteiger charge is 2.29. The molecule has 0 aliphatic heterocycles. The Bertz CT molecular complexity index is 1260. The fourth-order valence-electron chi connectivity index (χ4n) is 2.98. The average Bonchev–Trinajstić information content (AvgIpc) is 3.11. The van der Waals surface area contributed by atoms with Crippen LogP contribution in [0.25, 0.3) is 16.9 Å². The van der Waals surface area contributed by atoms with E-state index in [4.69, 9.17) is 0 Å². The van der Waals surface area contributed by atoms with Crippen molar-refractivity contribution >= 4 is 11.2 Å². The summed E-state index contributed by atoms with van der Waals surface area (Å²) in [4.78, 5) is 17.1. The molecule has 0 N–H and O–H groups in total. The first-order valence-electron chi connectivity index (χ1n) is 8.78. The zero-order chi connectivity index (χ0) is 20.8. The normalized spacial score (nSPS) is 11.9. The lowest BCUT2D eigenvalue weighted by Gasteiger charge is -2.09. The third kappa shape index (κ3) is 3.51. The van der Waals surface area contributed by atoms with Gasteiger partial charge in [0, 0.05) is 0 Å². The largest absolute Gasteiger partial charge is 0.416 e. The lowest BCUT2D eigenvalue weighted by atomic mass is 10.1. The van der Waals surface area contributed by atoms with Crippen LogP contribution in [0.3, 0.4) is 0 Å². The fraction of sp³-hybridized carbons (Fsp3) is 0.200. The summed E-state index contributed by atoms with van der Waals surface area (Å²) in [5, 5.41) is 8.01. The number of halogens is 3. The maximum absolute atomic E-state index is 12.8. The predicted octanol–water partition coefficient (Wildman–Crippen LogP) is 3.66. The molecule has 0 saturated heterocycles. The second-order valence-corrected chi connectivity index (χ2v) is 6.81. The van der Waals surface area contributed by atoms with Gasteiger partial charge >= 0.3 is 6.18 Å². The van der Waals surface area contributed by atoms with Crippen molar-refractivity contribution in [3.05, 3.63) is 81.4 Å². The third-order valence-electron chi connectivity index (χ3n) is 4.80. The van der Waals surface area contributed by atoms with Crippen molar-refractivity contribution < 1.29 is 13.2 Å². The van der Waals surface area contributed by atoms with Gasteiger partial charge in [-0.2, -0.15) is 17.9 Å². The minimum absolute atomic E-state index is 0.0798. The first kappa shape index (κ1) is 18.9. The van der Waals surface area contributed by atoms with Crippen molar-refractivity contribution in [1.82, 2.24) is 24.5 Å². The molecule has 6 nitrogen and oxygen atoms in total. The monoisotopic (exact) mass is 399 g/mol. The van der Waals surface area contributed by atoms with E-state index in [-0.39, 0.29) is 12.1 Å². The van der Waals surface area contributed by atoms with E-state index >= 15 is 0 Å². The number of hydrogen-bond donors (Lipinski definition) is 0. The number of aromatic nitrogens is 5. The number of alkyl halides is 3. The van der Waals surface area contributed by atoms with Gasteiger partial charge in [0.25, 0.3) is 5.56 Å². The van der Waals surface area contributed by atoms with Crippen LogP contribution in [0.2, 0.25) is 0 Å². The number of fused-ring (bicyclic) bond motifs is 1. The Morgan fingerprint density at radius 2 is 1.72 bits per heavy atom. The quantitative estimate of drug-likeness (QED) is 0.527. The summed E-state index contributed by atoms with van der Waals surface area (Å²) in [5.41, 5.74) is 2.75. The van der Waals surface area contributed by atoms with E-state index in [1.165, 1.54) is 27.7 Å². The average molecular weight is 399 g/mol. The Balaban J connectivity index is 1.68. The Morgan fingerprint density at radius 3 is 2.38 bits per heavy atom. The molecule has 0 radical (unpaired) electrons. The lowest BCUT2D eigenvalue weighted by Crippen LogP contribution is -2.21. The van der Waals surface area contributed by atoms with Gasteiger partial charge in [0.2, 0.25) is 0 Å². The molecule has 148 valence electrons. The summed E-state index contributed by atoms with van der Waals surface area (Å²) in [6.45, 7) is 4.05. The first-order valence-corrected chi connectivity index (χ1v) is 8.78. The van der Waals surface area contributed by atoms with E-state index in [9.17, 15) is 18.0 Å². The molecule has 0 spiro atoms. The SMILES string of the molecule is Cc1ccc(-n2nnc3c(=O)n(Cc4ccc(C(F)(F)F)cc4)cnc32)cc1C. The van der Waals surface area contributed by atoms with Gasteiger partial charge in [-0.25, -0.2) is 4.98 Å². The Hall–Kier alpha value is -3.49. The highest BCUT2D eigenvalue weighted by atomic mass is 19.4. The van der Waals surface area contributed by atoms with Crippen LogP contribution in [0, 0.1) is 13.8 Å². The maximum Gasteiger partial charge on any atom is 0.416 e. The lowest BCUT2D eigenvalue weighted by molar-refractivity contribution is -0.137. The molecule has 4 rings (SSSR count). The number of aryl methyl sites for hydroxylation is 2. The molecule has 0 fully saturated rings. The van der Waals surface area contributed by atoms with E-state index in [1.807, 2.05) is 32.0 Å². The third-order valence-corrected chi connectivity index (χ3v) is 4.80. The van der Waals surface area contributed by atoms with Crippen LogP contribution in [-0.2, 0) is 12.7 Å². The zero-order valence-corrected chi connectivity index (χ0v) is 15.6. The van der Waals surface area contributed by atoms with Crippen LogP contribution in [0.4, 0.5) is 13.2 Å². The van der Waals surface area contributed by atoms with Crippen molar-refractivity contribution in [2.24, 2.45) is 0 Å². The molecule has 0 aliphatic rings. The minimum Gasteiger partial charge on any atom is -0.293 e. The Kier molecular flexibility index (Phi) is 4.45. The minimum atomic E-state index is -4.40. The molecule has 2 heterocycles. The molecule has 0 aliphatic carbocycles. The smallest absolute Gasteiger partial charge is 0.293 e. The molecule has 29 heavy (non-hydrogen) atoms. The van der Waals surface area contributed by atoms with Crippen LogP contribution in [-0.4, -0.2) is 24.5 Å². The zero-order valence-electron chi connectivity index (χ0n) is 15.6. The van der Waals surface area contributed by atoms with Crippen molar-refractivity contribution in [1.29, 1.82) is 0 Å². The van der Waals surface area contributed by atoms with Gasteiger partial charge in [0.1, 0.15) is 6.33 Å². The Morgan fingerprint density at radius 1 is 1.00 bits per heavy atom. The topological polar surface area (TPSA) is 65.6 Å². The van der Waals surface area contributed by atoms with Crippen LogP contribution >= 0.6 is 0 Å². The van der Waals surface area contributed by atoms with Gasteiger partial charge in [-0.3, -0.25) is 9.36 Å². The summed E-state index contributed by atoms with van der Waals surface area (Å²) < 4.78 is 40.9. The molecule has 0 unspecified atom stereocenters. The van der Waals surface area contributed by atoms with E-state index < -0.39 is 17.3 Å². The molecular formula is C20H16F3N5O. The van der Waals surface area contributed by atoms with E-state index in [0.717, 1.165) is 28.9 Å². The van der Waals surface area contributed by atoms with Crippen LogP contribution in [0.5, 0.6) is 0 Å². The number of hydrogen-bond acceptors (Lipinski definition) is 4. The molecule has 4 aromatic rings. The van der Waals surface area contributed by atoms with E-state index in [0.29, 0.717) is 11.2 Å². The predicted molar refractivity (Wildman–Crippen MR) is 101 cm³/mol. The summed E-state index contributed by atoms with van der Waals surface area (Å²) in [7, 11) is 0. The van der Waals surface area contributed by atoms with Crippen molar-refractivity contribution in [2.75, 3.05) is 0 Å². The van der Waals surface area contributed by atoms with Crippen molar-refractivity contribution in [3.63, 3.8) is 0 Å². The summed E-state index contributed by atoms with van der Waals surface area (Å²) in [6.07, 6.45) is -3.05. The highest BCUT2D eigenvalue weighted by Crippen LogP contribution is 2.29. The molecule has 2 aromatic heterocycles. The van der Waals surface area contributed by atoms with E-state index in [1.54, 1.807) is 0 Å². The maximum atomic E-state index is 12.8. The van der Waals surface area contributed by atoms with Gasteiger partial charge in [0.05, 0.1) is 17.8 Å². The number of rotatable bonds is 3. The number of benzene rings is 2. The molecule has 0 bridgehead atoms. The van der Waals surface area contributed by atoms with Crippen molar-refractivity contribution in [3.8, 4) is 5.69 Å². The first-order chi connectivity index (χ1) is 13.7. The molecule has 0 amide bonds. The fourth-order valence-corrected chi connectivity index (χ4v) is 2.98. The molecule has 9 heteroatoms. The van der Waals surface area contributed by atoms with Crippen LogP contribution in [0.1, 0.15) is 22.3 Å². The van der Waals surface area contributed by atoms with Crippen LogP contribution in [0.15, 0.2) is 53.6 Å². The van der Waals surface area contributed by atoms with E-state index in [2.05, 4.69) is 15.3 Å². The highest BCUT2D eigenvalue weighted by molar-refractivity contribution is 5.70. The van der Waals surface area contributed by atoms with Gasteiger partial charge in [-0.15, -0.1) is 5.10 Å². The van der Waals surface area contributed by atoms with Gasteiger partial charge in [-0.1, -0.05) is 23.4 Å². The van der Waals surface area contributed by atoms with Crippen molar-refractivity contribution in [2.45, 2.75) is 26.6 Å². The van der Waals surface area contributed by atoms with Crippen LogP contribution < -0.4 is 5.56 Å². The number of nitrogens with zero attached hydrogens (tertiary/aromatic N) is 5. The second-order valence-electron chi connectivity index (χ2n) is 6.81. The standard InChI is InChI=1S/C20H16F3N5O/c1-12-3-8-16(9-13(12)2)28-18-17(25-26-28)19(29)27(11-24-18)10-14-4-6-15(7-5-14)20(21,22)23/h3-9,11H,10H2,1-2H3. The molecular weight excluding hydrogens is 383 g/mol. The Labute approximate surface area is 163 Å². The molecule has 0 atom stereocenters. The molecule has 2 aromatic carbocycles. The summed E-state index contributed by atoms with van der Waals surface area (Å²) in [6, 6.07) is 10.4. The second kappa shape index (κ2) is 6.84.